The summed E-state index contributed by atoms with van der Waals surface area (Å²) in [6.45, 7) is 2.24. The third kappa shape index (κ3) is 1.95. The monoisotopic (exact) mass is 271 g/mol. The van der Waals surface area contributed by atoms with Gasteiger partial charge >= 0.3 is 0 Å². The van der Waals surface area contributed by atoms with E-state index >= 15 is 0 Å². The fraction of sp³-hybridized carbons (Fsp3) is 0.500. The van der Waals surface area contributed by atoms with Crippen molar-refractivity contribution in [3.8, 4) is 0 Å². The molecule has 1 nitrogen and oxygen atoms in total. The van der Waals surface area contributed by atoms with E-state index in [4.69, 9.17) is 5.73 Å². The molecular formula is C12H15BrFN. The molecule has 15 heavy (non-hydrogen) atoms. The Bertz CT molecular complexity index is 372. The van der Waals surface area contributed by atoms with Gasteiger partial charge in [-0.1, -0.05) is 28.1 Å². The van der Waals surface area contributed by atoms with Crippen LogP contribution in [0.1, 0.15) is 37.1 Å². The summed E-state index contributed by atoms with van der Waals surface area (Å²) < 4.78 is 14.0. The van der Waals surface area contributed by atoms with Crippen molar-refractivity contribution in [2.75, 3.05) is 6.54 Å². The smallest absolute Gasteiger partial charge is 0.123 e. The standard InChI is InChI=1S/C12H15BrFN/c1-8(14)10-3-2-9(6-11(10)13)12(7-15)4-5-12/h2-3,6,8H,4-5,7,15H2,1H3. The summed E-state index contributed by atoms with van der Waals surface area (Å²) in [4.78, 5) is 0. The maximum absolute atomic E-state index is 13.2. The van der Waals surface area contributed by atoms with Crippen LogP contribution in [0.2, 0.25) is 0 Å². The number of rotatable bonds is 3. The molecule has 0 amide bonds. The first-order valence-corrected chi connectivity index (χ1v) is 6.02. The topological polar surface area (TPSA) is 26.0 Å². The lowest BCUT2D eigenvalue weighted by Gasteiger charge is -2.15. The zero-order valence-electron chi connectivity index (χ0n) is 8.76. The van der Waals surface area contributed by atoms with Crippen LogP contribution in [-0.2, 0) is 5.41 Å². The molecule has 1 atom stereocenters. The van der Waals surface area contributed by atoms with Crippen LogP contribution in [0.4, 0.5) is 4.39 Å². The lowest BCUT2D eigenvalue weighted by molar-refractivity contribution is 0.373. The van der Waals surface area contributed by atoms with Crippen molar-refractivity contribution in [2.24, 2.45) is 5.73 Å². The highest BCUT2D eigenvalue weighted by molar-refractivity contribution is 9.10. The second kappa shape index (κ2) is 3.87. The average Bonchev–Trinajstić information content (AvgIpc) is 2.97. The van der Waals surface area contributed by atoms with E-state index in [2.05, 4.69) is 15.9 Å². The van der Waals surface area contributed by atoms with Crippen LogP contribution in [0.5, 0.6) is 0 Å². The second-order valence-electron chi connectivity index (χ2n) is 4.34. The molecule has 2 N–H and O–H groups in total. The Morgan fingerprint density at radius 1 is 1.53 bits per heavy atom. The van der Waals surface area contributed by atoms with Gasteiger partial charge in [0.2, 0.25) is 0 Å². The van der Waals surface area contributed by atoms with Crippen LogP contribution >= 0.6 is 15.9 Å². The van der Waals surface area contributed by atoms with Gasteiger partial charge in [-0.05, 0) is 37.0 Å². The van der Waals surface area contributed by atoms with Crippen molar-refractivity contribution in [1.82, 2.24) is 0 Å². The van der Waals surface area contributed by atoms with Gasteiger partial charge in [0.15, 0.2) is 0 Å². The SMILES string of the molecule is CC(F)c1ccc(C2(CN)CC2)cc1Br. The van der Waals surface area contributed by atoms with E-state index in [9.17, 15) is 4.39 Å². The van der Waals surface area contributed by atoms with Crippen molar-refractivity contribution in [3.05, 3.63) is 33.8 Å². The van der Waals surface area contributed by atoms with E-state index < -0.39 is 6.17 Å². The third-order valence-corrected chi connectivity index (χ3v) is 3.97. The van der Waals surface area contributed by atoms with Gasteiger partial charge < -0.3 is 5.73 Å². The van der Waals surface area contributed by atoms with Gasteiger partial charge in [0.05, 0.1) is 0 Å². The van der Waals surface area contributed by atoms with Crippen LogP contribution in [0.25, 0.3) is 0 Å². The van der Waals surface area contributed by atoms with Gasteiger partial charge in [-0.15, -0.1) is 0 Å². The molecule has 82 valence electrons. The summed E-state index contributed by atoms with van der Waals surface area (Å²) in [6, 6.07) is 5.89. The Labute approximate surface area is 98.0 Å². The molecule has 2 rings (SSSR count). The molecule has 0 heterocycles. The lowest BCUT2D eigenvalue weighted by Crippen LogP contribution is -2.19. The molecule has 0 aliphatic heterocycles. The molecular weight excluding hydrogens is 257 g/mol. The number of hydrogen-bond donors (Lipinski definition) is 1. The summed E-state index contributed by atoms with van der Waals surface area (Å²) >= 11 is 3.42. The zero-order chi connectivity index (χ0) is 11.1. The van der Waals surface area contributed by atoms with Crippen molar-refractivity contribution in [3.63, 3.8) is 0 Å². The Balaban J connectivity index is 2.34. The van der Waals surface area contributed by atoms with E-state index in [1.165, 1.54) is 5.56 Å². The molecule has 1 fully saturated rings. The van der Waals surface area contributed by atoms with E-state index in [0.717, 1.165) is 17.3 Å². The number of nitrogens with two attached hydrogens (primary N) is 1. The summed E-state index contributed by atoms with van der Waals surface area (Å²) in [5, 5.41) is 0. The largest absolute Gasteiger partial charge is 0.330 e. The first-order chi connectivity index (χ1) is 7.09. The van der Waals surface area contributed by atoms with Crippen molar-refractivity contribution >= 4 is 15.9 Å². The summed E-state index contributed by atoms with van der Waals surface area (Å²) in [7, 11) is 0. The summed E-state index contributed by atoms with van der Waals surface area (Å²) in [5.41, 5.74) is 7.89. The summed E-state index contributed by atoms with van der Waals surface area (Å²) in [5.74, 6) is 0. The Morgan fingerprint density at radius 3 is 2.60 bits per heavy atom. The predicted molar refractivity (Wildman–Crippen MR) is 63.6 cm³/mol. The van der Waals surface area contributed by atoms with Crippen LogP contribution in [0.3, 0.4) is 0 Å². The lowest BCUT2D eigenvalue weighted by atomic mass is 9.95. The maximum atomic E-state index is 13.2. The number of halogens is 2. The molecule has 0 bridgehead atoms. The normalized spacial score (nSPS) is 20.0. The quantitative estimate of drug-likeness (QED) is 0.895. The van der Waals surface area contributed by atoms with Crippen molar-refractivity contribution in [1.29, 1.82) is 0 Å². The van der Waals surface area contributed by atoms with Crippen LogP contribution in [-0.4, -0.2) is 6.54 Å². The number of alkyl halides is 1. The van der Waals surface area contributed by atoms with Gasteiger partial charge in [-0.3, -0.25) is 0 Å². The third-order valence-electron chi connectivity index (χ3n) is 3.29. The van der Waals surface area contributed by atoms with Crippen LogP contribution in [0.15, 0.2) is 22.7 Å². The van der Waals surface area contributed by atoms with Crippen molar-refractivity contribution in [2.45, 2.75) is 31.4 Å². The molecule has 1 aliphatic rings. The molecule has 0 radical (unpaired) electrons. The first-order valence-electron chi connectivity index (χ1n) is 5.23. The molecule has 1 aromatic rings. The Kier molecular flexibility index (Phi) is 2.86. The van der Waals surface area contributed by atoms with Gasteiger partial charge in [0.1, 0.15) is 6.17 Å². The van der Waals surface area contributed by atoms with E-state index in [1.54, 1.807) is 6.92 Å². The van der Waals surface area contributed by atoms with Gasteiger partial charge in [-0.25, -0.2) is 4.39 Å². The fourth-order valence-corrected chi connectivity index (χ4v) is 2.64. The van der Waals surface area contributed by atoms with Crippen LogP contribution in [0, 0.1) is 0 Å². The van der Waals surface area contributed by atoms with Gasteiger partial charge in [-0.2, -0.15) is 0 Å². The van der Waals surface area contributed by atoms with Crippen molar-refractivity contribution < 1.29 is 4.39 Å². The number of hydrogen-bond acceptors (Lipinski definition) is 1. The van der Waals surface area contributed by atoms with Gasteiger partial charge in [0, 0.05) is 16.4 Å². The molecule has 0 aromatic heterocycles. The van der Waals surface area contributed by atoms with E-state index in [0.29, 0.717) is 12.1 Å². The highest BCUT2D eigenvalue weighted by Crippen LogP contribution is 2.48. The average molecular weight is 272 g/mol. The molecule has 1 aromatic carbocycles. The fourth-order valence-electron chi connectivity index (χ4n) is 1.94. The Morgan fingerprint density at radius 2 is 2.20 bits per heavy atom. The second-order valence-corrected chi connectivity index (χ2v) is 5.19. The molecule has 0 saturated heterocycles. The minimum atomic E-state index is -0.929. The molecule has 1 saturated carbocycles. The first kappa shape index (κ1) is 11.1. The minimum absolute atomic E-state index is 0.181. The van der Waals surface area contributed by atoms with Gasteiger partial charge in [0.25, 0.3) is 0 Å². The van der Waals surface area contributed by atoms with Crippen LogP contribution < -0.4 is 5.73 Å². The zero-order valence-corrected chi connectivity index (χ0v) is 10.3. The molecule has 3 heteroatoms. The highest BCUT2D eigenvalue weighted by Gasteiger charge is 2.42. The van der Waals surface area contributed by atoms with E-state index in [1.807, 2.05) is 18.2 Å². The molecule has 1 unspecified atom stereocenters. The Hall–Kier alpha value is -0.410. The molecule has 1 aliphatic carbocycles. The predicted octanol–water partition coefficient (Wildman–Crippen LogP) is 3.47. The minimum Gasteiger partial charge on any atom is -0.330 e. The number of benzene rings is 1. The van der Waals surface area contributed by atoms with E-state index in [-0.39, 0.29) is 5.41 Å². The molecule has 0 spiro atoms. The highest BCUT2D eigenvalue weighted by atomic mass is 79.9. The summed E-state index contributed by atoms with van der Waals surface area (Å²) in [6.07, 6.45) is 1.38. The maximum Gasteiger partial charge on any atom is 0.123 e.